The molecule has 0 saturated carbocycles. The molecule has 1 atom stereocenters. The van der Waals surface area contributed by atoms with Crippen LogP contribution in [-0.2, 0) is 0 Å². The van der Waals surface area contributed by atoms with Crippen molar-refractivity contribution in [3.63, 3.8) is 0 Å². The summed E-state index contributed by atoms with van der Waals surface area (Å²) in [6.07, 6.45) is -0.152. The number of aliphatic hydroxyl groups is 1. The van der Waals surface area contributed by atoms with Crippen LogP contribution in [0.5, 0.6) is 0 Å². The van der Waals surface area contributed by atoms with Crippen LogP contribution in [-0.4, -0.2) is 26.0 Å². The molecule has 0 radical (unpaired) electrons. The molecule has 1 rings (SSSR count). The van der Waals surface area contributed by atoms with Gasteiger partial charge in [0.05, 0.1) is 10.7 Å². The molecule has 1 fully saturated rings. The van der Waals surface area contributed by atoms with Crippen LogP contribution in [0.15, 0.2) is 0 Å². The number of aliphatic hydroxyl groups excluding tert-OH is 1. The minimum absolute atomic E-state index is 0.152. The monoisotopic (exact) mass is 182 g/mol. The van der Waals surface area contributed by atoms with Gasteiger partial charge in [-0.2, -0.15) is 0 Å². The molecule has 9 heavy (non-hydrogen) atoms. The summed E-state index contributed by atoms with van der Waals surface area (Å²) in [5, 5.41) is 11.4. The molecule has 54 valence electrons. The molecule has 1 aliphatic rings. The number of hydrogen-bond donors (Lipinski definition) is 1. The van der Waals surface area contributed by atoms with Crippen molar-refractivity contribution in [2.24, 2.45) is 0 Å². The zero-order valence-electron chi connectivity index (χ0n) is 5.24. The van der Waals surface area contributed by atoms with E-state index in [1.54, 1.807) is 0 Å². The molecule has 0 aromatic rings. The second-order valence-corrected chi connectivity index (χ2v) is 6.16. The average Bonchev–Trinajstić information content (AvgIpc) is 1.90. The van der Waals surface area contributed by atoms with Gasteiger partial charge in [0, 0.05) is 10.2 Å². The number of thioether (sulfide) groups is 3. The van der Waals surface area contributed by atoms with Crippen molar-refractivity contribution in [3.05, 3.63) is 0 Å². The molecule has 0 aromatic carbocycles. The molecule has 1 saturated heterocycles. The molecule has 0 aromatic heterocycles. The maximum absolute atomic E-state index is 9.13. The molecule has 0 amide bonds. The average molecular weight is 182 g/mol. The van der Waals surface area contributed by atoms with Crippen LogP contribution in [0.2, 0.25) is 0 Å². The van der Waals surface area contributed by atoms with Gasteiger partial charge in [0.15, 0.2) is 0 Å². The molecule has 0 aliphatic carbocycles. The normalized spacial score (nSPS) is 26.0. The van der Waals surface area contributed by atoms with Gasteiger partial charge in [-0.15, -0.1) is 35.3 Å². The van der Waals surface area contributed by atoms with Gasteiger partial charge in [0.25, 0.3) is 0 Å². The highest BCUT2D eigenvalue weighted by Gasteiger charge is 2.18. The minimum atomic E-state index is -0.152. The van der Waals surface area contributed by atoms with Gasteiger partial charge in [-0.05, 0) is 6.92 Å². The summed E-state index contributed by atoms with van der Waals surface area (Å²) in [6, 6.07) is 0. The van der Waals surface area contributed by atoms with Gasteiger partial charge in [-0.25, -0.2) is 0 Å². The van der Waals surface area contributed by atoms with Crippen LogP contribution in [0.3, 0.4) is 0 Å². The highest BCUT2D eigenvalue weighted by molar-refractivity contribution is 8.32. The van der Waals surface area contributed by atoms with Crippen LogP contribution < -0.4 is 0 Å². The van der Waals surface area contributed by atoms with E-state index in [9.17, 15) is 0 Å². The van der Waals surface area contributed by atoms with E-state index in [1.807, 2.05) is 42.2 Å². The first kappa shape index (κ1) is 8.11. The lowest BCUT2D eigenvalue weighted by molar-refractivity contribution is 0.213. The first-order valence-electron chi connectivity index (χ1n) is 2.79. The predicted molar refractivity (Wildman–Crippen MR) is 48.0 cm³/mol. The van der Waals surface area contributed by atoms with Crippen LogP contribution in [0.4, 0.5) is 0 Å². The second kappa shape index (κ2) is 4.01. The highest BCUT2D eigenvalue weighted by atomic mass is 32.3. The van der Waals surface area contributed by atoms with E-state index >= 15 is 0 Å². The first-order chi connectivity index (χ1) is 4.30. The van der Waals surface area contributed by atoms with Crippen LogP contribution >= 0.6 is 35.3 Å². The van der Waals surface area contributed by atoms with Crippen molar-refractivity contribution < 1.29 is 5.11 Å². The second-order valence-electron chi connectivity index (χ2n) is 1.88. The van der Waals surface area contributed by atoms with E-state index in [-0.39, 0.29) is 6.10 Å². The molecule has 1 aliphatic heterocycles. The molecular weight excluding hydrogens is 172 g/mol. The third-order valence-electron chi connectivity index (χ3n) is 1.03. The van der Waals surface area contributed by atoms with Crippen molar-refractivity contribution in [2.75, 3.05) is 10.2 Å². The summed E-state index contributed by atoms with van der Waals surface area (Å²) in [4.78, 5) is 0. The summed E-state index contributed by atoms with van der Waals surface area (Å²) in [6.45, 7) is 1.86. The molecule has 1 heterocycles. The van der Waals surface area contributed by atoms with E-state index in [2.05, 4.69) is 0 Å². The highest BCUT2D eigenvalue weighted by Crippen LogP contribution is 2.37. The van der Waals surface area contributed by atoms with Gasteiger partial charge in [0.2, 0.25) is 0 Å². The lowest BCUT2D eigenvalue weighted by Gasteiger charge is -2.22. The Bertz CT molecular complexity index is 80.3. The smallest absolute Gasteiger partial charge is 0.0775 e. The summed E-state index contributed by atoms with van der Waals surface area (Å²) in [7, 11) is 0. The van der Waals surface area contributed by atoms with Gasteiger partial charge in [-0.1, -0.05) is 0 Å². The Morgan fingerprint density at radius 2 is 2.00 bits per heavy atom. The summed E-state index contributed by atoms with van der Waals surface area (Å²) < 4.78 is 0.422. The fourth-order valence-corrected chi connectivity index (χ4v) is 5.26. The Hall–Kier alpha value is 1.01. The van der Waals surface area contributed by atoms with Gasteiger partial charge in [0.1, 0.15) is 0 Å². The SMILES string of the molecule is CC(O)C1SCSCS1. The van der Waals surface area contributed by atoms with E-state index in [4.69, 9.17) is 5.11 Å². The fourth-order valence-electron chi connectivity index (χ4n) is 0.591. The zero-order chi connectivity index (χ0) is 6.69. The van der Waals surface area contributed by atoms with Crippen molar-refractivity contribution in [1.29, 1.82) is 0 Å². The van der Waals surface area contributed by atoms with Crippen molar-refractivity contribution in [1.82, 2.24) is 0 Å². The van der Waals surface area contributed by atoms with Gasteiger partial charge < -0.3 is 5.11 Å². The van der Waals surface area contributed by atoms with Crippen LogP contribution in [0.1, 0.15) is 6.92 Å². The predicted octanol–water partition coefficient (Wildman–Crippen LogP) is 1.82. The molecule has 0 bridgehead atoms. The Kier molecular flexibility index (Phi) is 3.61. The third kappa shape index (κ3) is 2.62. The largest absolute Gasteiger partial charge is 0.391 e. The lowest BCUT2D eigenvalue weighted by atomic mass is 10.5. The van der Waals surface area contributed by atoms with E-state index < -0.39 is 0 Å². The summed E-state index contributed by atoms with van der Waals surface area (Å²) in [5.74, 6) is 0. The third-order valence-corrected chi connectivity index (χ3v) is 5.71. The Balaban J connectivity index is 2.23. The maximum atomic E-state index is 9.13. The van der Waals surface area contributed by atoms with Crippen molar-refractivity contribution >= 4 is 35.3 Å². The Labute approximate surface area is 68.4 Å². The molecular formula is C5H10OS3. The Morgan fingerprint density at radius 3 is 2.33 bits per heavy atom. The van der Waals surface area contributed by atoms with E-state index in [0.29, 0.717) is 4.58 Å². The van der Waals surface area contributed by atoms with Crippen LogP contribution in [0.25, 0.3) is 0 Å². The molecule has 1 nitrogen and oxygen atoms in total. The molecule has 1 unspecified atom stereocenters. The quantitative estimate of drug-likeness (QED) is 0.667. The summed E-state index contributed by atoms with van der Waals surface area (Å²) >= 11 is 5.63. The molecule has 0 spiro atoms. The van der Waals surface area contributed by atoms with Crippen molar-refractivity contribution in [3.8, 4) is 0 Å². The number of hydrogen-bond acceptors (Lipinski definition) is 4. The van der Waals surface area contributed by atoms with E-state index in [1.165, 1.54) is 0 Å². The topological polar surface area (TPSA) is 20.2 Å². The minimum Gasteiger partial charge on any atom is -0.391 e. The van der Waals surface area contributed by atoms with Crippen LogP contribution in [0, 0.1) is 0 Å². The van der Waals surface area contributed by atoms with Gasteiger partial charge >= 0.3 is 0 Å². The van der Waals surface area contributed by atoms with E-state index in [0.717, 1.165) is 10.2 Å². The lowest BCUT2D eigenvalue weighted by Crippen LogP contribution is -2.18. The first-order valence-corrected chi connectivity index (χ1v) is 6.05. The maximum Gasteiger partial charge on any atom is 0.0775 e. The molecule has 4 heteroatoms. The molecule has 1 N–H and O–H groups in total. The Morgan fingerprint density at radius 1 is 1.44 bits per heavy atom. The summed E-state index contributed by atoms with van der Waals surface area (Å²) in [5.41, 5.74) is 0. The van der Waals surface area contributed by atoms with Crippen molar-refractivity contribution in [2.45, 2.75) is 17.6 Å². The fraction of sp³-hybridized carbons (Fsp3) is 1.00. The standard InChI is InChI=1S/C5H10OS3/c1-4(6)5-8-2-7-3-9-5/h4-6H,2-3H2,1H3. The van der Waals surface area contributed by atoms with Gasteiger partial charge in [-0.3, -0.25) is 0 Å². The number of rotatable bonds is 1. The zero-order valence-corrected chi connectivity index (χ0v) is 7.69.